The van der Waals surface area contributed by atoms with Crippen molar-refractivity contribution in [3.8, 4) is 0 Å². The van der Waals surface area contributed by atoms with E-state index < -0.39 is 0 Å². The quantitative estimate of drug-likeness (QED) is 0.492. The molecule has 0 aliphatic heterocycles. The van der Waals surface area contributed by atoms with Crippen LogP contribution in [0.2, 0.25) is 0 Å². The van der Waals surface area contributed by atoms with Crippen LogP contribution in [-0.2, 0) is 0 Å². The Morgan fingerprint density at radius 1 is 0.929 bits per heavy atom. The van der Waals surface area contributed by atoms with E-state index in [0.29, 0.717) is 0 Å². The summed E-state index contributed by atoms with van der Waals surface area (Å²) in [6.45, 7) is 16.5. The van der Waals surface area contributed by atoms with Gasteiger partial charge in [0.25, 0.3) is 0 Å². The van der Waals surface area contributed by atoms with E-state index in [4.69, 9.17) is 0 Å². The van der Waals surface area contributed by atoms with Crippen LogP contribution in [0, 0.1) is 11.8 Å². The molecule has 1 aliphatic rings. The number of hydrogen-bond donors (Lipinski definition) is 0. The summed E-state index contributed by atoms with van der Waals surface area (Å²) >= 11 is 0. The largest absolute Gasteiger partial charge is 0.0999 e. The second-order valence-corrected chi connectivity index (χ2v) is 3.80. The summed E-state index contributed by atoms with van der Waals surface area (Å²) in [6, 6.07) is 0. The van der Waals surface area contributed by atoms with Crippen LogP contribution in [0.5, 0.6) is 0 Å². The van der Waals surface area contributed by atoms with Crippen molar-refractivity contribution in [1.29, 1.82) is 0 Å². The summed E-state index contributed by atoms with van der Waals surface area (Å²) in [4.78, 5) is 0. The van der Waals surface area contributed by atoms with Gasteiger partial charge in [-0.3, -0.25) is 0 Å². The van der Waals surface area contributed by atoms with E-state index in [1.165, 1.54) is 31.3 Å². The molecule has 0 unspecified atom stereocenters. The molecule has 0 spiro atoms. The van der Waals surface area contributed by atoms with Gasteiger partial charge in [-0.1, -0.05) is 59.6 Å². The van der Waals surface area contributed by atoms with Crippen molar-refractivity contribution >= 4 is 0 Å². The third kappa shape index (κ3) is 7.17. The van der Waals surface area contributed by atoms with Crippen LogP contribution in [0.4, 0.5) is 0 Å². The van der Waals surface area contributed by atoms with Crippen molar-refractivity contribution in [2.24, 2.45) is 11.8 Å². The van der Waals surface area contributed by atoms with E-state index in [0.717, 1.165) is 11.8 Å². The summed E-state index contributed by atoms with van der Waals surface area (Å²) in [5.41, 5.74) is 1.40. The van der Waals surface area contributed by atoms with Gasteiger partial charge < -0.3 is 0 Å². The predicted molar refractivity (Wildman–Crippen MR) is 68.6 cm³/mol. The minimum atomic E-state index is 0.844. The maximum absolute atomic E-state index is 4.00. The van der Waals surface area contributed by atoms with Gasteiger partial charge in [0.05, 0.1) is 0 Å². The van der Waals surface area contributed by atoms with Crippen LogP contribution in [0.1, 0.15) is 67.2 Å². The smallest absolute Gasteiger partial charge is 0.0208 e. The van der Waals surface area contributed by atoms with Crippen molar-refractivity contribution in [1.82, 2.24) is 0 Å². The van der Waals surface area contributed by atoms with Gasteiger partial charge >= 0.3 is 0 Å². The van der Waals surface area contributed by atoms with E-state index in [2.05, 4.69) is 20.4 Å². The lowest BCUT2D eigenvalue weighted by molar-refractivity contribution is 0.321. The van der Waals surface area contributed by atoms with Crippen molar-refractivity contribution < 1.29 is 0 Å². The molecule has 0 aromatic heterocycles. The second kappa shape index (κ2) is 10.8. The first-order valence-electron chi connectivity index (χ1n) is 6.35. The molecule has 14 heavy (non-hydrogen) atoms. The molecule has 1 fully saturated rings. The van der Waals surface area contributed by atoms with Crippen LogP contribution in [-0.4, -0.2) is 0 Å². The zero-order valence-electron chi connectivity index (χ0n) is 11.2. The molecule has 0 aromatic carbocycles. The van der Waals surface area contributed by atoms with E-state index in [9.17, 15) is 0 Å². The van der Waals surface area contributed by atoms with Gasteiger partial charge in [-0.25, -0.2) is 0 Å². The maximum Gasteiger partial charge on any atom is -0.0208 e. The molecule has 0 aromatic rings. The van der Waals surface area contributed by atoms with Gasteiger partial charge in [0, 0.05) is 0 Å². The topological polar surface area (TPSA) is 0 Å². The Labute approximate surface area is 91.8 Å². The first-order valence-corrected chi connectivity index (χ1v) is 6.35. The third-order valence-corrected chi connectivity index (χ3v) is 2.71. The fraction of sp³-hybridized carbons (Fsp3) is 0.857. The molecular weight excluding hydrogens is 168 g/mol. The average Bonchev–Trinajstić information content (AvgIpc) is 2.24. The molecule has 0 atom stereocenters. The van der Waals surface area contributed by atoms with Crippen molar-refractivity contribution in [2.45, 2.75) is 67.2 Å². The minimum absolute atomic E-state index is 0.844. The van der Waals surface area contributed by atoms with E-state index in [-0.39, 0.29) is 0 Å². The fourth-order valence-corrected chi connectivity index (χ4v) is 1.75. The molecule has 0 amide bonds. The Hall–Kier alpha value is -0.260. The van der Waals surface area contributed by atoms with Crippen LogP contribution in [0.15, 0.2) is 12.2 Å². The lowest BCUT2D eigenvalue weighted by Gasteiger charge is -2.26. The van der Waals surface area contributed by atoms with Crippen molar-refractivity contribution in [3.05, 3.63) is 12.2 Å². The maximum atomic E-state index is 4.00. The molecule has 0 heterocycles. The first kappa shape index (κ1) is 16.2. The lowest BCUT2D eigenvalue weighted by atomic mass is 9.80. The van der Waals surface area contributed by atoms with Gasteiger partial charge in [0.15, 0.2) is 0 Å². The number of allylic oxidation sites excluding steroid dienone is 1. The molecule has 0 nitrogen and oxygen atoms in total. The third-order valence-electron chi connectivity index (χ3n) is 2.71. The van der Waals surface area contributed by atoms with E-state index in [1.807, 2.05) is 27.7 Å². The zero-order valence-corrected chi connectivity index (χ0v) is 11.2. The van der Waals surface area contributed by atoms with Crippen molar-refractivity contribution in [3.63, 3.8) is 0 Å². The summed E-state index contributed by atoms with van der Waals surface area (Å²) in [5, 5.41) is 0. The lowest BCUT2D eigenvalue weighted by Crippen LogP contribution is -2.12. The summed E-state index contributed by atoms with van der Waals surface area (Å²) in [7, 11) is 0. The Morgan fingerprint density at radius 3 is 1.57 bits per heavy atom. The number of rotatable bonds is 1. The van der Waals surface area contributed by atoms with Crippen LogP contribution in [0.3, 0.4) is 0 Å². The standard InChI is InChI=1S/C10H18.2C2H6/c1-8(2)10-6-4-9(3)5-7-10;2*1-2/h9-10H,1,4-7H2,2-3H3;2*1-2H3. The molecule has 0 radical (unpaired) electrons. The van der Waals surface area contributed by atoms with Gasteiger partial charge in [0.2, 0.25) is 0 Å². The molecule has 86 valence electrons. The van der Waals surface area contributed by atoms with Crippen LogP contribution in [0.25, 0.3) is 0 Å². The zero-order chi connectivity index (χ0) is 11.6. The molecule has 1 rings (SSSR count). The summed E-state index contributed by atoms with van der Waals surface area (Å²) < 4.78 is 0. The van der Waals surface area contributed by atoms with E-state index in [1.54, 1.807) is 0 Å². The summed E-state index contributed by atoms with van der Waals surface area (Å²) in [6.07, 6.45) is 5.60. The Kier molecular flexibility index (Phi) is 12.5. The SMILES string of the molecule is C=C(C)C1CCC(C)CC1.CC.CC. The highest BCUT2D eigenvalue weighted by Crippen LogP contribution is 2.31. The Bertz CT molecular complexity index is 116. The summed E-state index contributed by atoms with van der Waals surface area (Å²) in [5.74, 6) is 1.81. The monoisotopic (exact) mass is 198 g/mol. The first-order chi connectivity index (χ1) is 6.70. The van der Waals surface area contributed by atoms with Gasteiger partial charge in [-0.2, -0.15) is 0 Å². The average molecular weight is 198 g/mol. The Balaban J connectivity index is 0. The normalized spacial score (nSPS) is 25.0. The Morgan fingerprint density at radius 2 is 1.29 bits per heavy atom. The fourth-order valence-electron chi connectivity index (χ4n) is 1.75. The predicted octanol–water partition coefficient (Wildman–Crippen LogP) is 5.44. The molecule has 0 heteroatoms. The highest BCUT2D eigenvalue weighted by molar-refractivity contribution is 4.97. The number of hydrogen-bond acceptors (Lipinski definition) is 0. The molecule has 0 bridgehead atoms. The van der Waals surface area contributed by atoms with E-state index >= 15 is 0 Å². The van der Waals surface area contributed by atoms with Gasteiger partial charge in [-0.15, -0.1) is 0 Å². The minimum Gasteiger partial charge on any atom is -0.0999 e. The van der Waals surface area contributed by atoms with Crippen LogP contribution < -0.4 is 0 Å². The molecular formula is C14H30. The molecule has 0 N–H and O–H groups in total. The molecule has 0 saturated heterocycles. The highest BCUT2D eigenvalue weighted by atomic mass is 14.2. The van der Waals surface area contributed by atoms with Gasteiger partial charge in [-0.05, 0) is 31.6 Å². The second-order valence-electron chi connectivity index (χ2n) is 3.80. The van der Waals surface area contributed by atoms with Crippen LogP contribution >= 0.6 is 0 Å². The molecule has 1 aliphatic carbocycles. The highest BCUT2D eigenvalue weighted by Gasteiger charge is 2.17. The van der Waals surface area contributed by atoms with Gasteiger partial charge in [0.1, 0.15) is 0 Å². The molecule has 1 saturated carbocycles. The van der Waals surface area contributed by atoms with Crippen molar-refractivity contribution in [2.75, 3.05) is 0 Å².